The molecular weight excluding hydrogens is 654 g/mol. The van der Waals surface area contributed by atoms with E-state index in [1.54, 1.807) is 12.1 Å². The van der Waals surface area contributed by atoms with Crippen molar-refractivity contribution < 1.29 is 44.4 Å². The van der Waals surface area contributed by atoms with Crippen LogP contribution in [0.2, 0.25) is 0 Å². The number of hydrogen-bond donors (Lipinski definition) is 7. The molecule has 3 rings (SSSR count). The lowest BCUT2D eigenvalue weighted by Crippen LogP contribution is -2.49. The summed E-state index contributed by atoms with van der Waals surface area (Å²) in [4.78, 5) is 81.9. The molecule has 1 saturated heterocycles. The third kappa shape index (κ3) is 14.2. The third-order valence-corrected chi connectivity index (χ3v) is 8.54. The number of aromatic amines is 1. The van der Waals surface area contributed by atoms with E-state index in [0.717, 1.165) is 10.9 Å². The van der Waals surface area contributed by atoms with Crippen LogP contribution in [0.3, 0.4) is 0 Å². The number of nitrogens with zero attached hydrogens (tertiary/aromatic N) is 4. The lowest BCUT2D eigenvalue weighted by atomic mass is 10.1. The van der Waals surface area contributed by atoms with E-state index in [-0.39, 0.29) is 37.5 Å². The lowest BCUT2D eigenvalue weighted by Gasteiger charge is -2.33. The molecule has 50 heavy (non-hydrogen) atoms. The van der Waals surface area contributed by atoms with Crippen molar-refractivity contribution in [3.8, 4) is 0 Å². The number of unbranched alkanes of at least 4 members (excludes halogenated alkanes) is 2. The predicted octanol–water partition coefficient (Wildman–Crippen LogP) is -0.712. The number of carboxylic acid groups (broad SMARTS) is 3. The number of aliphatic hydroxyl groups is 1. The van der Waals surface area contributed by atoms with Crippen LogP contribution >= 0.6 is 0 Å². The van der Waals surface area contributed by atoms with E-state index < -0.39 is 36.5 Å². The van der Waals surface area contributed by atoms with Crippen molar-refractivity contribution in [2.75, 3.05) is 90.5 Å². The maximum absolute atomic E-state index is 13.2. The SMILES string of the molecule is Cc1cc(=O)[nH]c2cc(NC(=O)CN3CCN(CC(=O)O)CCN(CCCCCC(=O)N[C@@H](CO)C(=O)O)CCN(CC(=O)O)CC3)ccc12. The van der Waals surface area contributed by atoms with Crippen LogP contribution in [-0.2, 0) is 24.0 Å². The van der Waals surface area contributed by atoms with Crippen molar-refractivity contribution >= 4 is 46.3 Å². The minimum atomic E-state index is -1.34. The molecule has 0 spiro atoms. The quantitative estimate of drug-likeness (QED) is 0.107. The number of benzene rings is 1. The fourth-order valence-corrected chi connectivity index (χ4v) is 5.82. The molecule has 0 radical (unpaired) electrons. The first-order valence-electron chi connectivity index (χ1n) is 16.7. The number of aromatic nitrogens is 1. The normalized spacial score (nSPS) is 16.6. The zero-order chi connectivity index (χ0) is 36.6. The second-order valence-corrected chi connectivity index (χ2v) is 12.5. The number of carboxylic acids is 3. The molecule has 0 unspecified atom stereocenters. The Kier molecular flexibility index (Phi) is 16.2. The number of rotatable bonds is 16. The highest BCUT2D eigenvalue weighted by Crippen LogP contribution is 2.19. The van der Waals surface area contributed by atoms with Crippen LogP contribution in [0.4, 0.5) is 5.69 Å². The van der Waals surface area contributed by atoms with E-state index in [1.165, 1.54) is 6.07 Å². The summed E-state index contributed by atoms with van der Waals surface area (Å²) in [7, 11) is 0. The van der Waals surface area contributed by atoms with Gasteiger partial charge in [-0.05, 0) is 44.0 Å². The van der Waals surface area contributed by atoms with Gasteiger partial charge in [0.25, 0.3) is 0 Å². The smallest absolute Gasteiger partial charge is 0.328 e. The zero-order valence-corrected chi connectivity index (χ0v) is 28.4. The van der Waals surface area contributed by atoms with Crippen molar-refractivity contribution in [3.05, 3.63) is 40.2 Å². The van der Waals surface area contributed by atoms with Crippen LogP contribution in [-0.4, -0.2) is 166 Å². The maximum atomic E-state index is 13.2. The number of aryl methyl sites for hydroxylation is 1. The summed E-state index contributed by atoms with van der Waals surface area (Å²) in [6, 6.07) is 5.43. The minimum absolute atomic E-state index is 0.00862. The number of amides is 2. The summed E-state index contributed by atoms with van der Waals surface area (Å²) in [5, 5.41) is 43.2. The van der Waals surface area contributed by atoms with E-state index >= 15 is 0 Å². The first-order valence-corrected chi connectivity index (χ1v) is 16.7. The van der Waals surface area contributed by atoms with E-state index in [1.807, 2.05) is 27.7 Å². The van der Waals surface area contributed by atoms with Gasteiger partial charge in [0, 0.05) is 75.9 Å². The molecule has 17 nitrogen and oxygen atoms in total. The van der Waals surface area contributed by atoms with Crippen molar-refractivity contribution in [2.45, 2.75) is 38.6 Å². The van der Waals surface area contributed by atoms with Crippen LogP contribution in [0.5, 0.6) is 0 Å². The molecule has 0 bridgehead atoms. The van der Waals surface area contributed by atoms with Gasteiger partial charge in [-0.25, -0.2) is 4.79 Å². The Labute approximate surface area is 289 Å². The van der Waals surface area contributed by atoms with Gasteiger partial charge in [0.2, 0.25) is 17.4 Å². The van der Waals surface area contributed by atoms with Crippen molar-refractivity contribution in [2.24, 2.45) is 0 Å². The summed E-state index contributed by atoms with van der Waals surface area (Å²) in [5.41, 5.74) is 1.68. The number of pyridine rings is 1. The highest BCUT2D eigenvalue weighted by atomic mass is 16.4. The summed E-state index contributed by atoms with van der Waals surface area (Å²) in [5.74, 6) is -4.03. The molecule has 17 heteroatoms. The van der Waals surface area contributed by atoms with Crippen molar-refractivity contribution in [3.63, 3.8) is 0 Å². The van der Waals surface area contributed by atoms with E-state index in [0.29, 0.717) is 89.4 Å². The number of H-pyrrole nitrogens is 1. The number of aliphatic carboxylic acids is 3. The molecule has 2 aromatic rings. The minimum Gasteiger partial charge on any atom is -0.480 e. The Hall–Kier alpha value is -4.42. The highest BCUT2D eigenvalue weighted by molar-refractivity contribution is 5.95. The molecule has 7 N–H and O–H groups in total. The monoisotopic (exact) mass is 703 g/mol. The van der Waals surface area contributed by atoms with Crippen molar-refractivity contribution in [1.29, 1.82) is 0 Å². The van der Waals surface area contributed by atoms with Gasteiger partial charge in [-0.1, -0.05) is 12.5 Å². The lowest BCUT2D eigenvalue weighted by molar-refractivity contribution is -0.143. The number of anilines is 1. The molecule has 0 aliphatic carbocycles. The second-order valence-electron chi connectivity index (χ2n) is 12.5. The average molecular weight is 704 g/mol. The molecule has 1 atom stereocenters. The van der Waals surface area contributed by atoms with E-state index in [9.17, 15) is 39.0 Å². The Bertz CT molecular complexity index is 1500. The number of fused-ring (bicyclic) bond motifs is 1. The highest BCUT2D eigenvalue weighted by Gasteiger charge is 2.21. The second kappa shape index (κ2) is 20.3. The number of nitrogens with one attached hydrogen (secondary N) is 3. The standard InChI is InChI=1S/C33H49N7O10/c1-23-17-29(43)35-26-18-24(6-7-25(23)26)34-30(44)19-38-13-15-39(20-31(45)46)11-9-37(10-12-40(16-14-38)21-32(47)48)8-4-2-3-5-28(42)36-27(22-41)33(49)50/h6-7,17-18,27,41H,2-5,8-16,19-22H2,1H3,(H,34,44)(H,35,43)(H,36,42)(H,45,46)(H,47,48)(H,49,50)/t27-/m0/s1. The van der Waals surface area contributed by atoms with E-state index in [4.69, 9.17) is 10.2 Å². The van der Waals surface area contributed by atoms with Crippen LogP contribution < -0.4 is 16.2 Å². The molecule has 2 amide bonds. The summed E-state index contributed by atoms with van der Waals surface area (Å²) in [6.45, 7) is 4.76. The van der Waals surface area contributed by atoms with Gasteiger partial charge in [0.1, 0.15) is 6.04 Å². The van der Waals surface area contributed by atoms with Gasteiger partial charge >= 0.3 is 17.9 Å². The van der Waals surface area contributed by atoms with Crippen molar-refractivity contribution in [1.82, 2.24) is 29.9 Å². The number of hydrogen-bond acceptors (Lipinski definition) is 11. The van der Waals surface area contributed by atoms with Gasteiger partial charge in [-0.3, -0.25) is 38.7 Å². The molecule has 276 valence electrons. The summed E-state index contributed by atoms with van der Waals surface area (Å²) >= 11 is 0. The third-order valence-electron chi connectivity index (χ3n) is 8.54. The van der Waals surface area contributed by atoms with Crippen LogP contribution in [0.15, 0.2) is 29.1 Å². The van der Waals surface area contributed by atoms with Crippen LogP contribution in [0.25, 0.3) is 10.9 Å². The molecular formula is C33H49N7O10. The summed E-state index contributed by atoms with van der Waals surface area (Å²) in [6.07, 6.45) is 2.01. The van der Waals surface area contributed by atoms with Gasteiger partial charge in [-0.2, -0.15) is 0 Å². The molecule has 1 aromatic carbocycles. The zero-order valence-electron chi connectivity index (χ0n) is 28.4. The largest absolute Gasteiger partial charge is 0.480 e. The Morgan fingerprint density at radius 3 is 1.86 bits per heavy atom. The van der Waals surface area contributed by atoms with Gasteiger partial charge in [-0.15, -0.1) is 0 Å². The predicted molar refractivity (Wildman–Crippen MR) is 184 cm³/mol. The van der Waals surface area contributed by atoms with Gasteiger partial charge in [0.05, 0.1) is 31.8 Å². The average Bonchev–Trinajstić information content (AvgIpc) is 3.03. The fraction of sp³-hybridized carbons (Fsp3) is 0.576. The summed E-state index contributed by atoms with van der Waals surface area (Å²) < 4.78 is 0. The topological polar surface area (TPSA) is 236 Å². The maximum Gasteiger partial charge on any atom is 0.328 e. The number of carbonyl (C=O) groups is 5. The van der Waals surface area contributed by atoms with Gasteiger partial charge in [0.15, 0.2) is 0 Å². The first-order chi connectivity index (χ1) is 23.8. The Balaban J connectivity index is 1.61. The number of carbonyl (C=O) groups excluding carboxylic acids is 2. The molecule has 1 aliphatic heterocycles. The Morgan fingerprint density at radius 1 is 0.760 bits per heavy atom. The fourth-order valence-electron chi connectivity index (χ4n) is 5.82. The molecule has 0 saturated carbocycles. The van der Waals surface area contributed by atoms with Gasteiger partial charge < -0.3 is 40.9 Å². The Morgan fingerprint density at radius 2 is 1.32 bits per heavy atom. The first kappa shape index (κ1) is 40.0. The van der Waals surface area contributed by atoms with E-state index in [2.05, 4.69) is 20.5 Å². The number of aliphatic hydroxyl groups excluding tert-OH is 1. The molecule has 1 aliphatic rings. The molecule has 1 aromatic heterocycles. The van der Waals surface area contributed by atoms with Crippen LogP contribution in [0.1, 0.15) is 31.2 Å². The molecule has 1 fully saturated rings. The molecule has 2 heterocycles. The van der Waals surface area contributed by atoms with Crippen LogP contribution in [0, 0.1) is 6.92 Å².